The van der Waals surface area contributed by atoms with Crippen LogP contribution in [0.1, 0.15) is 25.8 Å². The van der Waals surface area contributed by atoms with Crippen LogP contribution >= 0.6 is 11.6 Å². The van der Waals surface area contributed by atoms with Gasteiger partial charge in [-0.2, -0.15) is 12.7 Å². The van der Waals surface area contributed by atoms with Gasteiger partial charge in [0, 0.05) is 19.3 Å². The lowest BCUT2D eigenvalue weighted by atomic mass is 9.94. The first-order chi connectivity index (χ1) is 9.29. The largest absolute Gasteiger partial charge is 0.301 e. The average molecular weight is 318 g/mol. The Labute approximate surface area is 125 Å². The molecule has 112 valence electrons. The van der Waals surface area contributed by atoms with Crippen molar-refractivity contribution in [3.8, 4) is 0 Å². The molecule has 2 heterocycles. The molecule has 0 aliphatic carbocycles. The standard InChI is InChI=1S/C13H20ClN3O2S/c1-9-6-10(2)8-17(7-9)20(18,19)16-12-11(3)4-5-15-13(12)14/h4-5,9-10,16H,6-8H2,1-3H3. The van der Waals surface area contributed by atoms with Crippen LogP contribution in [0, 0.1) is 18.8 Å². The number of hydrogen-bond acceptors (Lipinski definition) is 3. The quantitative estimate of drug-likeness (QED) is 0.872. The average Bonchev–Trinajstić information content (AvgIpc) is 2.33. The second-order valence-corrected chi connectivity index (χ2v) is 7.69. The van der Waals surface area contributed by atoms with Gasteiger partial charge in [0.1, 0.15) is 0 Å². The van der Waals surface area contributed by atoms with Gasteiger partial charge in [0.15, 0.2) is 5.15 Å². The number of halogens is 1. The number of pyridine rings is 1. The Morgan fingerprint density at radius 3 is 2.50 bits per heavy atom. The van der Waals surface area contributed by atoms with Crippen LogP contribution in [0.3, 0.4) is 0 Å². The van der Waals surface area contributed by atoms with Gasteiger partial charge in [-0.15, -0.1) is 0 Å². The molecule has 2 atom stereocenters. The molecule has 1 aliphatic rings. The zero-order valence-electron chi connectivity index (χ0n) is 11.9. The smallest absolute Gasteiger partial charge is 0.268 e. The Bertz CT molecular complexity index is 561. The summed E-state index contributed by atoms with van der Waals surface area (Å²) in [5.41, 5.74) is 1.12. The molecule has 1 fully saturated rings. The summed E-state index contributed by atoms with van der Waals surface area (Å²) >= 11 is 5.98. The fourth-order valence-corrected chi connectivity index (χ4v) is 4.50. The topological polar surface area (TPSA) is 62.3 Å². The highest BCUT2D eigenvalue weighted by Gasteiger charge is 2.31. The van der Waals surface area contributed by atoms with Crippen molar-refractivity contribution in [3.63, 3.8) is 0 Å². The van der Waals surface area contributed by atoms with E-state index in [1.54, 1.807) is 19.2 Å². The summed E-state index contributed by atoms with van der Waals surface area (Å²) in [7, 11) is -3.59. The van der Waals surface area contributed by atoms with Crippen LogP contribution in [0.5, 0.6) is 0 Å². The number of nitrogens with zero attached hydrogens (tertiary/aromatic N) is 2. The van der Waals surface area contributed by atoms with Crippen molar-refractivity contribution in [2.75, 3.05) is 17.8 Å². The highest BCUT2D eigenvalue weighted by molar-refractivity contribution is 7.90. The first kappa shape index (κ1) is 15.5. The summed E-state index contributed by atoms with van der Waals surface area (Å²) in [4.78, 5) is 3.92. The first-order valence-electron chi connectivity index (χ1n) is 6.68. The number of aromatic nitrogens is 1. The lowest BCUT2D eigenvalue weighted by Crippen LogP contribution is -2.45. The molecule has 0 aromatic carbocycles. The molecule has 0 bridgehead atoms. The fraction of sp³-hybridized carbons (Fsp3) is 0.615. The maximum atomic E-state index is 12.5. The van der Waals surface area contributed by atoms with E-state index in [0.717, 1.165) is 12.0 Å². The van der Waals surface area contributed by atoms with E-state index in [1.807, 2.05) is 0 Å². The second-order valence-electron chi connectivity index (χ2n) is 5.66. The molecule has 0 spiro atoms. The van der Waals surface area contributed by atoms with Crippen molar-refractivity contribution < 1.29 is 8.42 Å². The molecule has 1 aliphatic heterocycles. The van der Waals surface area contributed by atoms with Crippen LogP contribution in [0.2, 0.25) is 5.15 Å². The van der Waals surface area contributed by atoms with Crippen molar-refractivity contribution in [2.45, 2.75) is 27.2 Å². The molecule has 0 saturated carbocycles. The first-order valence-corrected chi connectivity index (χ1v) is 8.50. The predicted octanol–water partition coefficient (Wildman–Crippen LogP) is 2.68. The van der Waals surface area contributed by atoms with E-state index in [1.165, 1.54) is 4.31 Å². The van der Waals surface area contributed by atoms with Crippen LogP contribution in [0.15, 0.2) is 12.3 Å². The SMILES string of the molecule is Cc1ccnc(Cl)c1NS(=O)(=O)N1CC(C)CC(C)C1. The molecule has 2 unspecified atom stereocenters. The van der Waals surface area contributed by atoms with Gasteiger partial charge in [0.05, 0.1) is 5.69 Å². The normalized spacial score (nSPS) is 24.6. The molecule has 1 aromatic rings. The van der Waals surface area contributed by atoms with E-state index < -0.39 is 10.2 Å². The summed E-state index contributed by atoms with van der Waals surface area (Å²) < 4.78 is 29.0. The van der Waals surface area contributed by atoms with Crippen LogP contribution in [0.4, 0.5) is 5.69 Å². The van der Waals surface area contributed by atoms with Gasteiger partial charge in [-0.3, -0.25) is 4.72 Å². The number of anilines is 1. The summed E-state index contributed by atoms with van der Waals surface area (Å²) in [6, 6.07) is 1.73. The third-order valence-corrected chi connectivity index (χ3v) is 5.25. The van der Waals surface area contributed by atoms with Gasteiger partial charge in [0.2, 0.25) is 0 Å². The molecule has 0 radical (unpaired) electrons. The summed E-state index contributed by atoms with van der Waals surface area (Å²) in [5, 5.41) is 0.173. The molecule has 20 heavy (non-hydrogen) atoms. The van der Waals surface area contributed by atoms with Gasteiger partial charge in [0.25, 0.3) is 0 Å². The Kier molecular flexibility index (Phi) is 4.56. The number of piperidine rings is 1. The third-order valence-electron chi connectivity index (χ3n) is 3.52. The van der Waals surface area contributed by atoms with E-state index in [2.05, 4.69) is 23.6 Å². The minimum atomic E-state index is -3.59. The van der Waals surface area contributed by atoms with Crippen molar-refractivity contribution in [1.29, 1.82) is 0 Å². The lowest BCUT2D eigenvalue weighted by Gasteiger charge is -2.34. The van der Waals surface area contributed by atoms with E-state index in [4.69, 9.17) is 11.6 Å². The zero-order chi connectivity index (χ0) is 14.9. The fourth-order valence-electron chi connectivity index (χ4n) is 2.64. The Hall–Kier alpha value is -0.850. The van der Waals surface area contributed by atoms with Crippen LogP contribution in [-0.4, -0.2) is 30.8 Å². The Morgan fingerprint density at radius 1 is 1.35 bits per heavy atom. The summed E-state index contributed by atoms with van der Waals surface area (Å²) in [5.74, 6) is 0.724. The van der Waals surface area contributed by atoms with Crippen LogP contribution in [0.25, 0.3) is 0 Å². The minimum absolute atomic E-state index is 0.173. The van der Waals surface area contributed by atoms with Crippen molar-refractivity contribution in [1.82, 2.24) is 9.29 Å². The summed E-state index contributed by atoms with van der Waals surface area (Å²) in [6.45, 7) is 7.01. The van der Waals surface area contributed by atoms with Gasteiger partial charge in [-0.05, 0) is 36.8 Å². The van der Waals surface area contributed by atoms with Crippen LogP contribution in [-0.2, 0) is 10.2 Å². The number of aryl methyl sites for hydroxylation is 1. The monoisotopic (exact) mass is 317 g/mol. The third kappa shape index (κ3) is 3.42. The van der Waals surface area contributed by atoms with Crippen molar-refractivity contribution >= 4 is 27.5 Å². The lowest BCUT2D eigenvalue weighted by molar-refractivity contribution is 0.223. The van der Waals surface area contributed by atoms with Crippen LogP contribution < -0.4 is 4.72 Å². The van der Waals surface area contributed by atoms with E-state index in [0.29, 0.717) is 30.6 Å². The maximum absolute atomic E-state index is 12.5. The van der Waals surface area contributed by atoms with Crippen molar-refractivity contribution in [2.24, 2.45) is 11.8 Å². The highest BCUT2D eigenvalue weighted by Crippen LogP contribution is 2.27. The van der Waals surface area contributed by atoms with E-state index in [-0.39, 0.29) is 5.15 Å². The molecule has 1 saturated heterocycles. The molecule has 1 N–H and O–H groups in total. The van der Waals surface area contributed by atoms with Crippen molar-refractivity contribution in [3.05, 3.63) is 23.0 Å². The van der Waals surface area contributed by atoms with Gasteiger partial charge >= 0.3 is 10.2 Å². The van der Waals surface area contributed by atoms with Gasteiger partial charge < -0.3 is 0 Å². The van der Waals surface area contributed by atoms with E-state index >= 15 is 0 Å². The van der Waals surface area contributed by atoms with Gasteiger partial charge in [-0.25, -0.2) is 4.98 Å². The predicted molar refractivity (Wildman–Crippen MR) is 81.0 cm³/mol. The number of hydrogen-bond donors (Lipinski definition) is 1. The Balaban J connectivity index is 2.23. The minimum Gasteiger partial charge on any atom is -0.268 e. The Morgan fingerprint density at radius 2 is 1.95 bits per heavy atom. The molecule has 5 nitrogen and oxygen atoms in total. The molecular formula is C13H20ClN3O2S. The van der Waals surface area contributed by atoms with Gasteiger partial charge in [-0.1, -0.05) is 25.4 Å². The number of nitrogens with one attached hydrogen (secondary N) is 1. The maximum Gasteiger partial charge on any atom is 0.301 e. The molecule has 1 aromatic heterocycles. The highest BCUT2D eigenvalue weighted by atomic mass is 35.5. The molecular weight excluding hydrogens is 298 g/mol. The molecule has 0 amide bonds. The molecule has 7 heteroatoms. The molecule has 2 rings (SSSR count). The summed E-state index contributed by atoms with van der Waals surface area (Å²) in [6.07, 6.45) is 2.61. The number of rotatable bonds is 3. The zero-order valence-corrected chi connectivity index (χ0v) is 13.5. The second kappa shape index (κ2) is 5.87. The van der Waals surface area contributed by atoms with E-state index in [9.17, 15) is 8.42 Å².